The number of amides is 1. The third-order valence-electron chi connectivity index (χ3n) is 1.23. The fraction of sp³-hybridized carbons (Fsp3) is 0.667. The van der Waals surface area contributed by atoms with Crippen LogP contribution in [0.15, 0.2) is 0 Å². The SMILES string of the molecule is C#CCNCC(=O)NCC(C)(C)O. The second-order valence-electron chi connectivity index (χ2n) is 3.40. The lowest BCUT2D eigenvalue weighted by atomic mass is 10.1. The van der Waals surface area contributed by atoms with Crippen molar-refractivity contribution in [2.75, 3.05) is 19.6 Å². The molecular weight excluding hydrogens is 168 g/mol. The molecule has 0 saturated heterocycles. The average molecular weight is 184 g/mol. The Balaban J connectivity index is 3.48. The molecule has 0 saturated carbocycles. The van der Waals surface area contributed by atoms with Crippen molar-refractivity contribution in [2.24, 2.45) is 0 Å². The monoisotopic (exact) mass is 184 g/mol. The third kappa shape index (κ3) is 8.86. The molecule has 0 unspecified atom stereocenters. The van der Waals surface area contributed by atoms with E-state index in [0.717, 1.165) is 0 Å². The van der Waals surface area contributed by atoms with Crippen molar-refractivity contribution in [1.82, 2.24) is 10.6 Å². The molecule has 4 nitrogen and oxygen atoms in total. The van der Waals surface area contributed by atoms with Gasteiger partial charge < -0.3 is 10.4 Å². The van der Waals surface area contributed by atoms with E-state index < -0.39 is 5.60 Å². The van der Waals surface area contributed by atoms with Crippen LogP contribution in [0.4, 0.5) is 0 Å². The number of nitrogens with one attached hydrogen (secondary N) is 2. The summed E-state index contributed by atoms with van der Waals surface area (Å²) in [5.41, 5.74) is -0.873. The van der Waals surface area contributed by atoms with Crippen molar-refractivity contribution < 1.29 is 9.90 Å². The minimum Gasteiger partial charge on any atom is -0.389 e. The molecule has 0 aromatic carbocycles. The summed E-state index contributed by atoms with van der Waals surface area (Å²) in [7, 11) is 0. The van der Waals surface area contributed by atoms with E-state index in [9.17, 15) is 9.90 Å². The van der Waals surface area contributed by atoms with Gasteiger partial charge in [-0.1, -0.05) is 5.92 Å². The predicted octanol–water partition coefficient (Wildman–Crippen LogP) is -0.904. The predicted molar refractivity (Wildman–Crippen MR) is 51.0 cm³/mol. The van der Waals surface area contributed by atoms with Gasteiger partial charge in [-0.25, -0.2) is 0 Å². The highest BCUT2D eigenvalue weighted by Crippen LogP contribution is 1.96. The number of hydrogen-bond donors (Lipinski definition) is 3. The maximum atomic E-state index is 11.0. The first kappa shape index (κ1) is 11.9. The zero-order valence-corrected chi connectivity index (χ0v) is 8.05. The van der Waals surface area contributed by atoms with E-state index in [-0.39, 0.29) is 19.0 Å². The van der Waals surface area contributed by atoms with Gasteiger partial charge in [0, 0.05) is 6.54 Å². The molecule has 13 heavy (non-hydrogen) atoms. The average Bonchev–Trinajstić information content (AvgIpc) is 2.00. The first-order valence-corrected chi connectivity index (χ1v) is 4.09. The van der Waals surface area contributed by atoms with Crippen LogP contribution in [0.3, 0.4) is 0 Å². The van der Waals surface area contributed by atoms with E-state index in [0.29, 0.717) is 6.54 Å². The number of rotatable bonds is 5. The molecule has 3 N–H and O–H groups in total. The Bertz CT molecular complexity index is 201. The van der Waals surface area contributed by atoms with Gasteiger partial charge in [-0.05, 0) is 13.8 Å². The summed E-state index contributed by atoms with van der Waals surface area (Å²) < 4.78 is 0. The second-order valence-corrected chi connectivity index (χ2v) is 3.40. The number of carbonyl (C=O) groups is 1. The minimum atomic E-state index is -0.873. The summed E-state index contributed by atoms with van der Waals surface area (Å²) in [5, 5.41) is 14.6. The van der Waals surface area contributed by atoms with Crippen molar-refractivity contribution in [2.45, 2.75) is 19.4 Å². The summed E-state index contributed by atoms with van der Waals surface area (Å²) >= 11 is 0. The van der Waals surface area contributed by atoms with Gasteiger partial charge in [0.25, 0.3) is 0 Å². The molecule has 0 spiro atoms. The molecule has 74 valence electrons. The topological polar surface area (TPSA) is 61.4 Å². The van der Waals surface area contributed by atoms with Gasteiger partial charge in [0.05, 0.1) is 18.7 Å². The van der Waals surface area contributed by atoms with Gasteiger partial charge >= 0.3 is 0 Å². The molecule has 0 aliphatic carbocycles. The van der Waals surface area contributed by atoms with Crippen molar-refractivity contribution in [3.05, 3.63) is 0 Å². The summed E-state index contributed by atoms with van der Waals surface area (Å²) in [5.74, 6) is 2.19. The zero-order valence-electron chi connectivity index (χ0n) is 8.05. The molecule has 0 rings (SSSR count). The van der Waals surface area contributed by atoms with Crippen LogP contribution < -0.4 is 10.6 Å². The Morgan fingerprint density at radius 2 is 2.23 bits per heavy atom. The van der Waals surface area contributed by atoms with Gasteiger partial charge in [-0.15, -0.1) is 6.42 Å². The lowest BCUT2D eigenvalue weighted by Crippen LogP contribution is -2.42. The molecule has 1 amide bonds. The van der Waals surface area contributed by atoms with Crippen LogP contribution in [0.1, 0.15) is 13.8 Å². The van der Waals surface area contributed by atoms with Crippen LogP contribution in [0.25, 0.3) is 0 Å². The van der Waals surface area contributed by atoms with Crippen LogP contribution in [0.2, 0.25) is 0 Å². The lowest BCUT2D eigenvalue weighted by Gasteiger charge is -2.17. The number of carbonyl (C=O) groups excluding carboxylic acids is 1. The van der Waals surface area contributed by atoms with Crippen molar-refractivity contribution in [3.8, 4) is 12.3 Å². The Labute approximate surface area is 78.7 Å². The van der Waals surface area contributed by atoms with Crippen molar-refractivity contribution in [1.29, 1.82) is 0 Å². The number of hydrogen-bond acceptors (Lipinski definition) is 3. The highest BCUT2D eigenvalue weighted by molar-refractivity contribution is 5.78. The van der Waals surface area contributed by atoms with E-state index in [1.807, 2.05) is 0 Å². The molecular formula is C9H16N2O2. The molecule has 4 heteroatoms. The van der Waals surface area contributed by atoms with Crippen LogP contribution >= 0.6 is 0 Å². The maximum Gasteiger partial charge on any atom is 0.234 e. The lowest BCUT2D eigenvalue weighted by molar-refractivity contribution is -0.121. The highest BCUT2D eigenvalue weighted by Gasteiger charge is 2.13. The highest BCUT2D eigenvalue weighted by atomic mass is 16.3. The number of terminal acetylenes is 1. The first-order valence-electron chi connectivity index (χ1n) is 4.09. The summed E-state index contributed by atoms with van der Waals surface area (Å²) in [6.45, 7) is 4.05. The van der Waals surface area contributed by atoms with Crippen molar-refractivity contribution in [3.63, 3.8) is 0 Å². The second kappa shape index (κ2) is 5.57. The molecule has 0 radical (unpaired) electrons. The molecule has 0 aromatic heterocycles. The molecule has 0 fully saturated rings. The molecule has 0 aliphatic rings. The van der Waals surface area contributed by atoms with Crippen LogP contribution in [0.5, 0.6) is 0 Å². The quantitative estimate of drug-likeness (QED) is 0.383. The third-order valence-corrected chi connectivity index (χ3v) is 1.23. The molecule has 0 aliphatic heterocycles. The fourth-order valence-corrected chi connectivity index (χ4v) is 0.626. The molecule has 0 atom stereocenters. The van der Waals surface area contributed by atoms with Gasteiger partial charge in [0.15, 0.2) is 0 Å². The van der Waals surface area contributed by atoms with E-state index in [1.165, 1.54) is 0 Å². The smallest absolute Gasteiger partial charge is 0.234 e. The Morgan fingerprint density at radius 3 is 2.69 bits per heavy atom. The van der Waals surface area contributed by atoms with Gasteiger partial charge in [-0.2, -0.15) is 0 Å². The molecule has 0 aromatic rings. The largest absolute Gasteiger partial charge is 0.389 e. The summed E-state index contributed by atoms with van der Waals surface area (Å²) in [6.07, 6.45) is 4.97. The fourth-order valence-electron chi connectivity index (χ4n) is 0.626. The maximum absolute atomic E-state index is 11.0. The van der Waals surface area contributed by atoms with Crippen LogP contribution in [0, 0.1) is 12.3 Å². The van der Waals surface area contributed by atoms with Crippen LogP contribution in [-0.4, -0.2) is 36.2 Å². The Morgan fingerprint density at radius 1 is 1.62 bits per heavy atom. The zero-order chi connectivity index (χ0) is 10.3. The Hall–Kier alpha value is -1.05. The van der Waals surface area contributed by atoms with E-state index in [1.54, 1.807) is 13.8 Å². The van der Waals surface area contributed by atoms with Gasteiger partial charge in [0.1, 0.15) is 0 Å². The molecule has 0 heterocycles. The number of aliphatic hydroxyl groups is 1. The van der Waals surface area contributed by atoms with E-state index >= 15 is 0 Å². The van der Waals surface area contributed by atoms with E-state index in [2.05, 4.69) is 16.6 Å². The van der Waals surface area contributed by atoms with E-state index in [4.69, 9.17) is 6.42 Å². The Kier molecular flexibility index (Phi) is 5.12. The molecule has 0 bridgehead atoms. The summed E-state index contributed by atoms with van der Waals surface area (Å²) in [6, 6.07) is 0. The van der Waals surface area contributed by atoms with Gasteiger partial charge in [-0.3, -0.25) is 10.1 Å². The van der Waals surface area contributed by atoms with Crippen LogP contribution in [-0.2, 0) is 4.79 Å². The summed E-state index contributed by atoms with van der Waals surface area (Å²) in [4.78, 5) is 11.0. The standard InChI is InChI=1S/C9H16N2O2/c1-4-5-10-6-8(12)11-7-9(2,3)13/h1,10,13H,5-7H2,2-3H3,(H,11,12). The van der Waals surface area contributed by atoms with Crippen molar-refractivity contribution >= 4 is 5.91 Å². The minimum absolute atomic E-state index is 0.169. The van der Waals surface area contributed by atoms with Gasteiger partial charge in [0.2, 0.25) is 5.91 Å². The first-order chi connectivity index (χ1) is 5.95. The normalized spacial score (nSPS) is 10.6.